The number of aryl methyl sites for hydroxylation is 1. The maximum Gasteiger partial charge on any atom is 0.251 e. The number of benzene rings is 2. The van der Waals surface area contributed by atoms with Crippen molar-refractivity contribution in [3.05, 3.63) is 95.6 Å². The SMILES string of the molecule is Cc1nc2nnc3ccc(C(=O)NCc4ccccn4)cc3c2n1Cc1ccccc1. The van der Waals surface area contributed by atoms with Crippen molar-refractivity contribution >= 4 is 28.0 Å². The molecule has 0 fully saturated rings. The van der Waals surface area contributed by atoms with Gasteiger partial charge in [-0.2, -0.15) is 0 Å². The number of amides is 1. The van der Waals surface area contributed by atoms with E-state index in [0.29, 0.717) is 24.3 Å². The van der Waals surface area contributed by atoms with Crippen LogP contribution in [-0.4, -0.2) is 30.6 Å². The summed E-state index contributed by atoms with van der Waals surface area (Å²) in [5.41, 5.74) is 4.71. The van der Waals surface area contributed by atoms with Crippen LogP contribution in [-0.2, 0) is 13.1 Å². The van der Waals surface area contributed by atoms with E-state index in [2.05, 4.69) is 42.2 Å². The Hall–Kier alpha value is -4.13. The molecule has 0 aliphatic rings. The van der Waals surface area contributed by atoms with Gasteiger partial charge in [-0.25, -0.2) is 4.98 Å². The van der Waals surface area contributed by atoms with Crippen LogP contribution in [0.25, 0.3) is 22.1 Å². The fraction of sp³-hybridized carbons (Fsp3) is 0.125. The molecule has 0 aliphatic heterocycles. The molecule has 3 aromatic heterocycles. The molecule has 0 saturated heterocycles. The molecule has 5 rings (SSSR count). The lowest BCUT2D eigenvalue weighted by atomic mass is 10.1. The van der Waals surface area contributed by atoms with E-state index >= 15 is 0 Å². The monoisotopic (exact) mass is 408 g/mol. The molecule has 7 heteroatoms. The summed E-state index contributed by atoms with van der Waals surface area (Å²) in [5.74, 6) is 0.689. The molecule has 0 atom stereocenters. The van der Waals surface area contributed by atoms with Crippen LogP contribution in [0.4, 0.5) is 0 Å². The van der Waals surface area contributed by atoms with Gasteiger partial charge in [-0.3, -0.25) is 9.78 Å². The van der Waals surface area contributed by atoms with Crippen LogP contribution in [0.1, 0.15) is 27.4 Å². The van der Waals surface area contributed by atoms with Crippen molar-refractivity contribution in [3.8, 4) is 0 Å². The zero-order chi connectivity index (χ0) is 21.2. The van der Waals surface area contributed by atoms with Crippen molar-refractivity contribution in [2.75, 3.05) is 0 Å². The van der Waals surface area contributed by atoms with Crippen LogP contribution < -0.4 is 5.32 Å². The van der Waals surface area contributed by atoms with Crippen molar-refractivity contribution in [1.29, 1.82) is 0 Å². The Balaban J connectivity index is 1.53. The topological polar surface area (TPSA) is 85.6 Å². The van der Waals surface area contributed by atoms with Crippen molar-refractivity contribution in [2.24, 2.45) is 0 Å². The standard InChI is InChI=1S/C24H20N6O/c1-16-27-23-22(30(16)15-17-7-3-2-4-8-17)20-13-18(10-11-21(20)28-29-23)24(31)26-14-19-9-5-6-12-25-19/h2-13H,14-15H2,1H3,(H,26,31). The van der Waals surface area contributed by atoms with Crippen LogP contribution >= 0.6 is 0 Å². The molecule has 7 nitrogen and oxygen atoms in total. The summed E-state index contributed by atoms with van der Waals surface area (Å²) < 4.78 is 2.12. The van der Waals surface area contributed by atoms with E-state index in [1.54, 1.807) is 12.3 Å². The molecule has 5 aromatic rings. The largest absolute Gasteiger partial charge is 0.346 e. The first-order valence-electron chi connectivity index (χ1n) is 10.0. The quantitative estimate of drug-likeness (QED) is 0.480. The van der Waals surface area contributed by atoms with Gasteiger partial charge in [-0.1, -0.05) is 36.4 Å². The third-order valence-corrected chi connectivity index (χ3v) is 5.25. The summed E-state index contributed by atoms with van der Waals surface area (Å²) in [5, 5.41) is 12.4. The van der Waals surface area contributed by atoms with Crippen molar-refractivity contribution in [3.63, 3.8) is 0 Å². The van der Waals surface area contributed by atoms with Crippen LogP contribution in [0, 0.1) is 6.92 Å². The van der Waals surface area contributed by atoms with Crippen molar-refractivity contribution < 1.29 is 4.79 Å². The van der Waals surface area contributed by atoms with Crippen molar-refractivity contribution in [2.45, 2.75) is 20.0 Å². The van der Waals surface area contributed by atoms with Gasteiger partial charge in [0.25, 0.3) is 5.91 Å². The number of pyridine rings is 1. The Bertz CT molecular complexity index is 1380. The number of carbonyl (C=O) groups is 1. The average molecular weight is 408 g/mol. The second-order valence-corrected chi connectivity index (χ2v) is 7.34. The van der Waals surface area contributed by atoms with Crippen LogP contribution in [0.3, 0.4) is 0 Å². The van der Waals surface area contributed by atoms with Gasteiger partial charge in [0.1, 0.15) is 5.82 Å². The van der Waals surface area contributed by atoms with Crippen LogP contribution in [0.2, 0.25) is 0 Å². The predicted molar refractivity (Wildman–Crippen MR) is 119 cm³/mol. The fourth-order valence-corrected chi connectivity index (χ4v) is 3.68. The van der Waals surface area contributed by atoms with Gasteiger partial charge in [0.15, 0.2) is 0 Å². The van der Waals surface area contributed by atoms with Crippen molar-refractivity contribution in [1.82, 2.24) is 30.0 Å². The molecular formula is C24H20N6O. The molecule has 3 heterocycles. The Kier molecular flexibility index (Phi) is 4.84. The molecular weight excluding hydrogens is 388 g/mol. The first-order valence-corrected chi connectivity index (χ1v) is 10.0. The fourth-order valence-electron chi connectivity index (χ4n) is 3.68. The van der Waals surface area contributed by atoms with E-state index in [4.69, 9.17) is 0 Å². The van der Waals surface area contributed by atoms with Gasteiger partial charge in [-0.05, 0) is 42.8 Å². The Labute approximate surface area is 178 Å². The minimum absolute atomic E-state index is 0.164. The molecule has 0 unspecified atom stereocenters. The lowest BCUT2D eigenvalue weighted by molar-refractivity contribution is 0.0950. The lowest BCUT2D eigenvalue weighted by Gasteiger charge is -2.10. The van der Waals surface area contributed by atoms with Gasteiger partial charge in [0.05, 0.1) is 23.3 Å². The highest BCUT2D eigenvalue weighted by Gasteiger charge is 2.16. The normalized spacial score (nSPS) is 11.1. The van der Waals surface area contributed by atoms with E-state index < -0.39 is 0 Å². The number of imidazole rings is 1. The summed E-state index contributed by atoms with van der Waals surface area (Å²) in [4.78, 5) is 21.6. The highest BCUT2D eigenvalue weighted by Crippen LogP contribution is 2.25. The zero-order valence-electron chi connectivity index (χ0n) is 17.0. The van der Waals surface area contributed by atoms with Gasteiger partial charge < -0.3 is 9.88 Å². The molecule has 0 bridgehead atoms. The number of aromatic nitrogens is 5. The third-order valence-electron chi connectivity index (χ3n) is 5.25. The molecule has 0 radical (unpaired) electrons. The molecule has 31 heavy (non-hydrogen) atoms. The van der Waals surface area contributed by atoms with Crippen LogP contribution in [0.5, 0.6) is 0 Å². The number of fused-ring (bicyclic) bond motifs is 3. The summed E-state index contributed by atoms with van der Waals surface area (Å²) in [7, 11) is 0. The highest BCUT2D eigenvalue weighted by atomic mass is 16.1. The second kappa shape index (κ2) is 7.95. The first-order chi connectivity index (χ1) is 15.2. The maximum atomic E-state index is 12.8. The molecule has 0 spiro atoms. The summed E-state index contributed by atoms with van der Waals surface area (Å²) in [6, 6.07) is 21.3. The van der Waals surface area contributed by atoms with E-state index in [9.17, 15) is 4.79 Å². The first kappa shape index (κ1) is 18.9. The molecule has 1 amide bonds. The Morgan fingerprint density at radius 2 is 1.84 bits per heavy atom. The molecule has 0 aliphatic carbocycles. The number of hydrogen-bond donors (Lipinski definition) is 1. The second-order valence-electron chi connectivity index (χ2n) is 7.34. The predicted octanol–water partition coefficient (Wildman–Crippen LogP) is 3.66. The molecule has 1 N–H and O–H groups in total. The molecule has 0 saturated carbocycles. The number of hydrogen-bond acceptors (Lipinski definition) is 5. The van der Waals surface area contributed by atoms with E-state index in [1.165, 1.54) is 5.56 Å². The number of carbonyl (C=O) groups excluding carboxylic acids is 1. The summed E-state index contributed by atoms with van der Waals surface area (Å²) in [6.45, 7) is 2.99. The minimum atomic E-state index is -0.164. The van der Waals surface area contributed by atoms with Gasteiger partial charge in [0.2, 0.25) is 5.65 Å². The molecule has 152 valence electrons. The van der Waals surface area contributed by atoms with Gasteiger partial charge in [-0.15, -0.1) is 10.2 Å². The maximum absolute atomic E-state index is 12.8. The average Bonchev–Trinajstić information content (AvgIpc) is 3.14. The van der Waals surface area contributed by atoms with E-state index in [-0.39, 0.29) is 5.91 Å². The summed E-state index contributed by atoms with van der Waals surface area (Å²) in [6.07, 6.45) is 1.71. The highest BCUT2D eigenvalue weighted by molar-refractivity contribution is 6.05. The Morgan fingerprint density at radius 3 is 2.65 bits per heavy atom. The Morgan fingerprint density at radius 1 is 1.00 bits per heavy atom. The zero-order valence-corrected chi connectivity index (χ0v) is 17.0. The lowest BCUT2D eigenvalue weighted by Crippen LogP contribution is -2.23. The van der Waals surface area contributed by atoms with E-state index in [1.807, 2.05) is 55.5 Å². The van der Waals surface area contributed by atoms with Gasteiger partial charge in [0, 0.05) is 23.7 Å². The number of nitrogens with zero attached hydrogens (tertiary/aromatic N) is 5. The third kappa shape index (κ3) is 3.73. The van der Waals surface area contributed by atoms with Gasteiger partial charge >= 0.3 is 0 Å². The number of nitrogens with one attached hydrogen (secondary N) is 1. The minimum Gasteiger partial charge on any atom is -0.346 e. The van der Waals surface area contributed by atoms with Crippen LogP contribution in [0.15, 0.2) is 72.9 Å². The number of rotatable bonds is 5. The molecule has 2 aromatic carbocycles. The smallest absolute Gasteiger partial charge is 0.251 e. The van der Waals surface area contributed by atoms with E-state index in [0.717, 1.165) is 27.9 Å². The summed E-state index contributed by atoms with van der Waals surface area (Å²) >= 11 is 0.